The summed E-state index contributed by atoms with van der Waals surface area (Å²) in [6, 6.07) is 7.62. The lowest BCUT2D eigenvalue weighted by Gasteiger charge is -2.07. The number of benzene rings is 1. The van der Waals surface area contributed by atoms with Crippen LogP contribution in [0.4, 0.5) is 5.69 Å². The third-order valence-electron chi connectivity index (χ3n) is 3.62. The molecule has 0 spiro atoms. The van der Waals surface area contributed by atoms with Crippen LogP contribution in [0.15, 0.2) is 30.6 Å². The molecule has 3 rings (SSSR count). The third kappa shape index (κ3) is 3.14. The molecule has 23 heavy (non-hydrogen) atoms. The summed E-state index contributed by atoms with van der Waals surface area (Å²) in [4.78, 5) is 16.4. The van der Waals surface area contributed by atoms with Crippen LogP contribution in [0.5, 0.6) is 0 Å². The van der Waals surface area contributed by atoms with Gasteiger partial charge in [0.1, 0.15) is 5.01 Å². The number of aryl methyl sites for hydroxylation is 2. The maximum absolute atomic E-state index is 12.1. The number of rotatable bonds is 4. The predicted molar refractivity (Wildman–Crippen MR) is 90.3 cm³/mol. The van der Waals surface area contributed by atoms with Crippen molar-refractivity contribution in [3.8, 4) is 5.69 Å². The van der Waals surface area contributed by atoms with Gasteiger partial charge in [0.05, 0.1) is 12.0 Å². The summed E-state index contributed by atoms with van der Waals surface area (Å²) in [7, 11) is 0. The van der Waals surface area contributed by atoms with Gasteiger partial charge in [-0.2, -0.15) is 0 Å². The molecule has 0 aliphatic rings. The van der Waals surface area contributed by atoms with Crippen LogP contribution in [-0.4, -0.2) is 25.7 Å². The van der Waals surface area contributed by atoms with Crippen LogP contribution in [0.2, 0.25) is 0 Å². The van der Waals surface area contributed by atoms with E-state index in [0.29, 0.717) is 5.01 Å². The van der Waals surface area contributed by atoms with E-state index < -0.39 is 0 Å². The summed E-state index contributed by atoms with van der Waals surface area (Å²) in [6.45, 7) is 5.99. The topological polar surface area (TPSA) is 72.7 Å². The Bertz CT molecular complexity index is 835. The molecule has 118 valence electrons. The number of nitrogens with zero attached hydrogens (tertiary/aromatic N) is 4. The van der Waals surface area contributed by atoms with Crippen LogP contribution in [0, 0.1) is 13.8 Å². The minimum absolute atomic E-state index is 0.232. The minimum Gasteiger partial charge on any atom is -0.320 e. The molecule has 1 amide bonds. The second kappa shape index (κ2) is 6.29. The van der Waals surface area contributed by atoms with E-state index in [1.54, 1.807) is 6.33 Å². The normalized spacial score (nSPS) is 10.7. The van der Waals surface area contributed by atoms with Gasteiger partial charge in [0.2, 0.25) is 5.01 Å². The van der Waals surface area contributed by atoms with Gasteiger partial charge in [-0.3, -0.25) is 4.79 Å². The van der Waals surface area contributed by atoms with Crippen molar-refractivity contribution in [2.75, 3.05) is 5.32 Å². The van der Waals surface area contributed by atoms with E-state index in [2.05, 4.69) is 20.5 Å². The van der Waals surface area contributed by atoms with Crippen molar-refractivity contribution < 1.29 is 4.79 Å². The van der Waals surface area contributed by atoms with Gasteiger partial charge in [-0.15, -0.1) is 10.2 Å². The molecule has 2 heterocycles. The van der Waals surface area contributed by atoms with Crippen LogP contribution in [0.1, 0.15) is 33.1 Å². The zero-order valence-electron chi connectivity index (χ0n) is 13.2. The van der Waals surface area contributed by atoms with Gasteiger partial charge in [0.15, 0.2) is 0 Å². The Morgan fingerprint density at radius 2 is 1.96 bits per heavy atom. The SMILES string of the molecule is CCc1nnc(C(=O)Nc2ccc(-n3cnc(C)c3C)cc2)s1. The molecular weight excluding hydrogens is 310 g/mol. The average Bonchev–Trinajstić information content (AvgIpc) is 3.16. The van der Waals surface area contributed by atoms with Crippen LogP contribution in [0.3, 0.4) is 0 Å². The second-order valence-electron chi connectivity index (χ2n) is 5.14. The molecule has 3 aromatic rings. The van der Waals surface area contributed by atoms with Gasteiger partial charge < -0.3 is 9.88 Å². The fourth-order valence-electron chi connectivity index (χ4n) is 2.14. The highest BCUT2D eigenvalue weighted by Gasteiger charge is 2.12. The largest absolute Gasteiger partial charge is 0.320 e. The Balaban J connectivity index is 1.74. The molecule has 1 N–H and O–H groups in total. The number of amides is 1. The number of hydrogen-bond donors (Lipinski definition) is 1. The molecule has 1 aromatic carbocycles. The van der Waals surface area contributed by atoms with E-state index in [4.69, 9.17) is 0 Å². The molecule has 0 saturated carbocycles. The molecular formula is C16H17N5OS. The van der Waals surface area contributed by atoms with Gasteiger partial charge in [0, 0.05) is 17.1 Å². The first kappa shape index (κ1) is 15.4. The molecule has 7 heteroatoms. The molecule has 6 nitrogen and oxygen atoms in total. The number of carbonyl (C=O) groups is 1. The summed E-state index contributed by atoms with van der Waals surface area (Å²) in [5, 5.41) is 11.9. The Hall–Kier alpha value is -2.54. The molecule has 0 atom stereocenters. The summed E-state index contributed by atoms with van der Waals surface area (Å²) in [6.07, 6.45) is 2.58. The maximum atomic E-state index is 12.1. The van der Waals surface area contributed by atoms with Crippen LogP contribution < -0.4 is 5.32 Å². The number of imidazole rings is 1. The number of hydrogen-bond acceptors (Lipinski definition) is 5. The summed E-state index contributed by atoms with van der Waals surface area (Å²) in [5.41, 5.74) is 3.83. The predicted octanol–water partition coefficient (Wildman–Crippen LogP) is 3.16. The van der Waals surface area contributed by atoms with E-state index in [0.717, 1.165) is 34.2 Å². The van der Waals surface area contributed by atoms with Crippen molar-refractivity contribution in [3.05, 3.63) is 52.0 Å². The van der Waals surface area contributed by atoms with Crippen molar-refractivity contribution in [1.29, 1.82) is 0 Å². The highest BCUT2D eigenvalue weighted by molar-refractivity contribution is 7.13. The van der Waals surface area contributed by atoms with E-state index in [-0.39, 0.29) is 5.91 Å². The molecule has 0 fully saturated rings. The Morgan fingerprint density at radius 1 is 1.22 bits per heavy atom. The average molecular weight is 327 g/mol. The van der Waals surface area contributed by atoms with E-state index in [1.165, 1.54) is 11.3 Å². The molecule has 0 bridgehead atoms. The van der Waals surface area contributed by atoms with Gasteiger partial charge in [-0.05, 0) is 44.5 Å². The fourth-order valence-corrected chi connectivity index (χ4v) is 2.81. The zero-order chi connectivity index (χ0) is 16.4. The summed E-state index contributed by atoms with van der Waals surface area (Å²) in [5.74, 6) is -0.232. The fraction of sp³-hybridized carbons (Fsp3) is 0.250. The van der Waals surface area contributed by atoms with Gasteiger partial charge >= 0.3 is 0 Å². The van der Waals surface area contributed by atoms with E-state index in [9.17, 15) is 4.79 Å². The molecule has 0 aliphatic heterocycles. The lowest BCUT2D eigenvalue weighted by Crippen LogP contribution is -2.11. The number of anilines is 1. The van der Waals surface area contributed by atoms with Crippen LogP contribution in [-0.2, 0) is 6.42 Å². The van der Waals surface area contributed by atoms with Crippen molar-refractivity contribution in [2.45, 2.75) is 27.2 Å². The second-order valence-corrected chi connectivity index (χ2v) is 6.20. The molecule has 0 saturated heterocycles. The molecule has 0 unspecified atom stereocenters. The molecule has 2 aromatic heterocycles. The lowest BCUT2D eigenvalue weighted by molar-refractivity contribution is 0.102. The lowest BCUT2D eigenvalue weighted by atomic mass is 10.2. The quantitative estimate of drug-likeness (QED) is 0.799. The highest BCUT2D eigenvalue weighted by atomic mass is 32.1. The Morgan fingerprint density at radius 3 is 2.52 bits per heavy atom. The first-order chi connectivity index (χ1) is 11.1. The van der Waals surface area contributed by atoms with Gasteiger partial charge in [-0.25, -0.2) is 4.98 Å². The van der Waals surface area contributed by atoms with E-state index in [1.807, 2.05) is 49.6 Å². The highest BCUT2D eigenvalue weighted by Crippen LogP contribution is 2.18. The van der Waals surface area contributed by atoms with Crippen molar-refractivity contribution in [3.63, 3.8) is 0 Å². The first-order valence-electron chi connectivity index (χ1n) is 7.33. The number of carbonyl (C=O) groups excluding carboxylic acids is 1. The third-order valence-corrected chi connectivity index (χ3v) is 4.69. The zero-order valence-corrected chi connectivity index (χ0v) is 14.0. The van der Waals surface area contributed by atoms with Crippen LogP contribution >= 0.6 is 11.3 Å². The van der Waals surface area contributed by atoms with Crippen molar-refractivity contribution >= 4 is 22.9 Å². The maximum Gasteiger partial charge on any atom is 0.286 e. The molecule has 0 radical (unpaired) electrons. The standard InChI is InChI=1S/C16H17N5OS/c1-4-14-19-20-16(23-14)15(22)18-12-5-7-13(8-6-12)21-9-17-10(2)11(21)3/h5-9H,4H2,1-3H3,(H,18,22). The summed E-state index contributed by atoms with van der Waals surface area (Å²) >= 11 is 1.32. The van der Waals surface area contributed by atoms with Crippen LogP contribution in [0.25, 0.3) is 5.69 Å². The monoisotopic (exact) mass is 327 g/mol. The van der Waals surface area contributed by atoms with Gasteiger partial charge in [0.25, 0.3) is 5.91 Å². The number of nitrogens with one attached hydrogen (secondary N) is 1. The Labute approximate surface area is 138 Å². The summed E-state index contributed by atoms with van der Waals surface area (Å²) < 4.78 is 2.01. The smallest absolute Gasteiger partial charge is 0.286 e. The van der Waals surface area contributed by atoms with Gasteiger partial charge in [-0.1, -0.05) is 18.3 Å². The molecule has 0 aliphatic carbocycles. The van der Waals surface area contributed by atoms with E-state index >= 15 is 0 Å². The number of aromatic nitrogens is 4. The minimum atomic E-state index is -0.232. The van der Waals surface area contributed by atoms with Crippen molar-refractivity contribution in [2.24, 2.45) is 0 Å². The first-order valence-corrected chi connectivity index (χ1v) is 8.15. The Kier molecular flexibility index (Phi) is 4.20. The van der Waals surface area contributed by atoms with Crippen molar-refractivity contribution in [1.82, 2.24) is 19.7 Å².